The summed E-state index contributed by atoms with van der Waals surface area (Å²) in [5, 5.41) is 11.8. The molecule has 0 spiro atoms. The van der Waals surface area contributed by atoms with E-state index >= 15 is 0 Å². The Kier molecular flexibility index (Phi) is 6.65. The summed E-state index contributed by atoms with van der Waals surface area (Å²) in [5.41, 5.74) is -0.113. The van der Waals surface area contributed by atoms with Crippen LogP contribution in [0, 0.1) is 11.8 Å². The lowest BCUT2D eigenvalue weighted by molar-refractivity contribution is -0.312. The highest BCUT2D eigenvalue weighted by atomic mass is 19.4. The molecule has 1 saturated carbocycles. The molecule has 32 heavy (non-hydrogen) atoms. The van der Waals surface area contributed by atoms with E-state index in [1.807, 2.05) is 4.90 Å². The van der Waals surface area contributed by atoms with Crippen molar-refractivity contribution in [3.8, 4) is 5.75 Å². The Hall–Kier alpha value is -2.28. The van der Waals surface area contributed by atoms with Gasteiger partial charge in [0.25, 0.3) is 0 Å². The van der Waals surface area contributed by atoms with Gasteiger partial charge in [-0.25, -0.2) is 0 Å². The molecule has 7 heteroatoms. The Bertz CT molecular complexity index is 959. The van der Waals surface area contributed by atoms with Crippen molar-refractivity contribution in [3.63, 3.8) is 0 Å². The zero-order valence-electron chi connectivity index (χ0n) is 18.3. The molecule has 1 saturated heterocycles. The van der Waals surface area contributed by atoms with E-state index in [9.17, 15) is 23.1 Å². The van der Waals surface area contributed by atoms with Gasteiger partial charge in [0, 0.05) is 23.8 Å². The largest absolute Gasteiger partial charge is 0.550 e. The lowest BCUT2D eigenvalue weighted by Gasteiger charge is -2.33. The van der Waals surface area contributed by atoms with Crippen LogP contribution < -0.4 is 9.84 Å². The molecule has 4 rings (SSSR count). The molecule has 2 aromatic rings. The quantitative estimate of drug-likeness (QED) is 0.661. The fourth-order valence-electron chi connectivity index (χ4n) is 5.04. The zero-order valence-corrected chi connectivity index (χ0v) is 18.3. The first kappa shape index (κ1) is 22.9. The highest BCUT2D eigenvalue weighted by Crippen LogP contribution is 2.44. The number of alkyl halides is 3. The molecule has 174 valence electrons. The number of benzene rings is 2. The number of piperidine rings is 1. The fraction of sp³-hybridized carbons (Fsp3) is 0.560. The molecule has 0 N–H and O–H groups in total. The summed E-state index contributed by atoms with van der Waals surface area (Å²) < 4.78 is 48.9. The number of carboxylic acid groups (broad SMARTS) is 1. The summed E-state index contributed by atoms with van der Waals surface area (Å²) in [6, 6.07) is 8.36. The SMILES string of the molecule is CC1CCC(Oc2ccc3cccc(CN4CCC(C(=O)[O-])CC4)c3c2C(F)(F)F)CC1. The third-order valence-electron chi connectivity index (χ3n) is 6.95. The van der Waals surface area contributed by atoms with E-state index in [-0.39, 0.29) is 17.2 Å². The molecule has 4 nitrogen and oxygen atoms in total. The molecular weight excluding hydrogens is 419 g/mol. The highest BCUT2D eigenvalue weighted by Gasteiger charge is 2.38. The number of aliphatic carboxylic acids is 1. The monoisotopic (exact) mass is 448 g/mol. The van der Waals surface area contributed by atoms with Crippen molar-refractivity contribution < 1.29 is 27.8 Å². The van der Waals surface area contributed by atoms with Crippen molar-refractivity contribution in [2.24, 2.45) is 11.8 Å². The average molecular weight is 449 g/mol. The van der Waals surface area contributed by atoms with Gasteiger partial charge >= 0.3 is 6.18 Å². The van der Waals surface area contributed by atoms with Gasteiger partial charge in [0.15, 0.2) is 0 Å². The summed E-state index contributed by atoms with van der Waals surface area (Å²) >= 11 is 0. The predicted molar refractivity (Wildman–Crippen MR) is 114 cm³/mol. The highest BCUT2D eigenvalue weighted by molar-refractivity contribution is 5.91. The van der Waals surface area contributed by atoms with Gasteiger partial charge in [0.1, 0.15) is 11.3 Å². The lowest BCUT2D eigenvalue weighted by atomic mass is 9.89. The van der Waals surface area contributed by atoms with Crippen molar-refractivity contribution in [2.45, 2.75) is 64.3 Å². The van der Waals surface area contributed by atoms with Crippen LogP contribution in [-0.2, 0) is 17.5 Å². The van der Waals surface area contributed by atoms with Gasteiger partial charge in [0.2, 0.25) is 0 Å². The van der Waals surface area contributed by atoms with Crippen LogP contribution >= 0.6 is 0 Å². The number of carbonyl (C=O) groups excluding carboxylic acids is 1. The van der Waals surface area contributed by atoms with Gasteiger partial charge in [-0.05, 0) is 74.5 Å². The van der Waals surface area contributed by atoms with E-state index in [0.717, 1.165) is 25.7 Å². The fourth-order valence-corrected chi connectivity index (χ4v) is 5.04. The number of carboxylic acids is 1. The normalized spacial score (nSPS) is 23.4. The molecule has 2 aliphatic rings. The van der Waals surface area contributed by atoms with Gasteiger partial charge in [-0.1, -0.05) is 31.2 Å². The average Bonchev–Trinajstić information content (AvgIpc) is 2.75. The molecular formula is C25H29F3NO3-. The summed E-state index contributed by atoms with van der Waals surface area (Å²) in [6.45, 7) is 3.54. The topological polar surface area (TPSA) is 52.6 Å². The first-order valence-corrected chi connectivity index (χ1v) is 11.4. The Morgan fingerprint density at radius 1 is 1.06 bits per heavy atom. The van der Waals surface area contributed by atoms with Crippen LogP contribution in [-0.4, -0.2) is 30.1 Å². The van der Waals surface area contributed by atoms with Crippen LogP contribution in [0.3, 0.4) is 0 Å². The molecule has 0 aromatic heterocycles. The third-order valence-corrected chi connectivity index (χ3v) is 6.95. The minimum Gasteiger partial charge on any atom is -0.550 e. The summed E-state index contributed by atoms with van der Waals surface area (Å²) in [4.78, 5) is 13.1. The van der Waals surface area contributed by atoms with Crippen LogP contribution in [0.5, 0.6) is 5.75 Å². The van der Waals surface area contributed by atoms with Crippen LogP contribution in [0.25, 0.3) is 10.8 Å². The van der Waals surface area contributed by atoms with Gasteiger partial charge in [0.05, 0.1) is 6.10 Å². The van der Waals surface area contributed by atoms with Crippen molar-refractivity contribution in [2.75, 3.05) is 13.1 Å². The number of hydrogen-bond acceptors (Lipinski definition) is 4. The molecule has 0 bridgehead atoms. The molecule has 0 radical (unpaired) electrons. The second-order valence-electron chi connectivity index (χ2n) is 9.32. The third kappa shape index (κ3) is 5.03. The van der Waals surface area contributed by atoms with Gasteiger partial charge < -0.3 is 14.6 Å². The summed E-state index contributed by atoms with van der Waals surface area (Å²) in [6.07, 6.45) is -0.368. The minimum atomic E-state index is -4.55. The van der Waals surface area contributed by atoms with Crippen LogP contribution in [0.1, 0.15) is 56.6 Å². The van der Waals surface area contributed by atoms with E-state index < -0.39 is 23.6 Å². The maximum Gasteiger partial charge on any atom is 0.420 e. The number of hydrogen-bond donors (Lipinski definition) is 0. The van der Waals surface area contributed by atoms with Crippen LogP contribution in [0.2, 0.25) is 0 Å². The second kappa shape index (κ2) is 9.30. The van der Waals surface area contributed by atoms with E-state index in [1.165, 1.54) is 6.07 Å². The van der Waals surface area contributed by atoms with Crippen molar-refractivity contribution >= 4 is 16.7 Å². The van der Waals surface area contributed by atoms with Crippen molar-refractivity contribution in [1.82, 2.24) is 4.90 Å². The number of fused-ring (bicyclic) bond motifs is 1. The number of likely N-dealkylation sites (tertiary alicyclic amines) is 1. The van der Waals surface area contributed by atoms with Crippen LogP contribution in [0.4, 0.5) is 13.2 Å². The molecule has 1 heterocycles. The molecule has 0 unspecified atom stereocenters. The maximum atomic E-state index is 14.3. The van der Waals surface area contributed by atoms with Crippen molar-refractivity contribution in [1.29, 1.82) is 0 Å². The Labute approximate surface area is 186 Å². The summed E-state index contributed by atoms with van der Waals surface area (Å²) in [7, 11) is 0. The number of rotatable bonds is 5. The molecule has 2 fully saturated rings. The number of halogens is 3. The standard InChI is InChI=1S/C25H30F3NO3/c1-16-5-8-20(9-6-16)32-21-10-7-17-3-2-4-19(22(17)23(21)25(26,27)28)15-29-13-11-18(12-14-29)24(30)31/h2-4,7,10,16,18,20H,5-6,8-9,11-15H2,1H3,(H,30,31)/p-1. The van der Waals surface area contributed by atoms with E-state index in [1.54, 1.807) is 24.3 Å². The van der Waals surface area contributed by atoms with Crippen molar-refractivity contribution in [3.05, 3.63) is 41.5 Å². The second-order valence-corrected chi connectivity index (χ2v) is 9.32. The zero-order chi connectivity index (χ0) is 22.9. The molecule has 0 amide bonds. The molecule has 1 aliphatic carbocycles. The number of carbonyl (C=O) groups is 1. The number of ether oxygens (including phenoxy) is 1. The first-order valence-electron chi connectivity index (χ1n) is 11.4. The molecule has 1 aliphatic heterocycles. The van der Waals surface area contributed by atoms with Gasteiger partial charge in [-0.15, -0.1) is 0 Å². The predicted octanol–water partition coefficient (Wildman–Crippen LogP) is 4.78. The molecule has 0 atom stereocenters. The smallest absolute Gasteiger partial charge is 0.420 e. The minimum absolute atomic E-state index is 0.0901. The first-order chi connectivity index (χ1) is 15.2. The Balaban J connectivity index is 1.66. The lowest BCUT2D eigenvalue weighted by Crippen LogP contribution is -2.40. The maximum absolute atomic E-state index is 14.3. The van der Waals surface area contributed by atoms with E-state index in [2.05, 4.69) is 6.92 Å². The molecule has 2 aromatic carbocycles. The Morgan fingerprint density at radius 2 is 1.75 bits per heavy atom. The van der Waals surface area contributed by atoms with E-state index in [4.69, 9.17) is 4.74 Å². The Morgan fingerprint density at radius 3 is 2.38 bits per heavy atom. The van der Waals surface area contributed by atoms with Gasteiger partial charge in [-0.2, -0.15) is 13.2 Å². The van der Waals surface area contributed by atoms with E-state index in [0.29, 0.717) is 49.3 Å². The number of nitrogens with zero attached hydrogens (tertiary/aromatic N) is 1. The summed E-state index contributed by atoms with van der Waals surface area (Å²) in [5.74, 6) is -1.04. The van der Waals surface area contributed by atoms with Gasteiger partial charge in [-0.3, -0.25) is 4.90 Å². The van der Waals surface area contributed by atoms with Crippen LogP contribution in [0.15, 0.2) is 30.3 Å².